The second-order valence-electron chi connectivity index (χ2n) is 4.72. The lowest BCUT2D eigenvalue weighted by molar-refractivity contribution is 0.138. The van der Waals surface area contributed by atoms with E-state index in [1.54, 1.807) is 6.26 Å². The number of furan rings is 1. The molecule has 1 N–H and O–H groups in total. The Morgan fingerprint density at radius 2 is 2.44 bits per heavy atom. The van der Waals surface area contributed by atoms with Crippen molar-refractivity contribution in [3.63, 3.8) is 0 Å². The third-order valence-electron chi connectivity index (χ3n) is 3.65. The van der Waals surface area contributed by atoms with Crippen molar-refractivity contribution in [2.24, 2.45) is 0 Å². The zero-order chi connectivity index (χ0) is 11.4. The molecule has 3 nitrogen and oxygen atoms in total. The van der Waals surface area contributed by atoms with Crippen LogP contribution in [0.4, 0.5) is 0 Å². The lowest BCUT2D eigenvalue weighted by Gasteiger charge is -2.37. The van der Waals surface area contributed by atoms with Crippen molar-refractivity contribution in [2.45, 2.75) is 38.3 Å². The van der Waals surface area contributed by atoms with Crippen molar-refractivity contribution in [2.75, 3.05) is 20.1 Å². The van der Waals surface area contributed by atoms with Gasteiger partial charge in [-0.3, -0.25) is 0 Å². The van der Waals surface area contributed by atoms with E-state index in [9.17, 15) is 0 Å². The van der Waals surface area contributed by atoms with E-state index in [4.69, 9.17) is 4.42 Å². The summed E-state index contributed by atoms with van der Waals surface area (Å²) in [5.41, 5.74) is 0. The van der Waals surface area contributed by atoms with Gasteiger partial charge in [0.25, 0.3) is 0 Å². The first-order valence-corrected chi connectivity index (χ1v) is 6.23. The van der Waals surface area contributed by atoms with Gasteiger partial charge in [0.15, 0.2) is 0 Å². The number of rotatable bonds is 4. The van der Waals surface area contributed by atoms with Gasteiger partial charge in [0.05, 0.1) is 6.26 Å². The third-order valence-corrected chi connectivity index (χ3v) is 3.65. The highest BCUT2D eigenvalue weighted by Crippen LogP contribution is 2.17. The summed E-state index contributed by atoms with van der Waals surface area (Å²) in [5, 5.41) is 3.38. The minimum Gasteiger partial charge on any atom is -0.469 e. The van der Waals surface area contributed by atoms with Crippen LogP contribution in [0.5, 0.6) is 0 Å². The Kier molecular flexibility index (Phi) is 4.02. The molecule has 1 aromatic heterocycles. The fraction of sp³-hybridized carbons (Fsp3) is 0.692. The van der Waals surface area contributed by atoms with E-state index in [2.05, 4.69) is 30.3 Å². The Morgan fingerprint density at radius 3 is 3.06 bits per heavy atom. The summed E-state index contributed by atoms with van der Waals surface area (Å²) in [6.45, 7) is 4.64. The first-order valence-electron chi connectivity index (χ1n) is 6.23. The quantitative estimate of drug-likeness (QED) is 0.843. The van der Waals surface area contributed by atoms with E-state index in [1.165, 1.54) is 19.4 Å². The summed E-state index contributed by atoms with van der Waals surface area (Å²) in [7, 11) is 2.07. The van der Waals surface area contributed by atoms with Crippen LogP contribution < -0.4 is 5.32 Å². The maximum absolute atomic E-state index is 5.36. The van der Waals surface area contributed by atoms with Crippen LogP contribution in [-0.4, -0.2) is 37.1 Å². The molecule has 1 fully saturated rings. The molecule has 0 aliphatic carbocycles. The highest BCUT2D eigenvalue weighted by Gasteiger charge is 2.23. The van der Waals surface area contributed by atoms with Gasteiger partial charge in [-0.15, -0.1) is 0 Å². The van der Waals surface area contributed by atoms with Crippen molar-refractivity contribution in [3.05, 3.63) is 24.2 Å². The molecule has 2 atom stereocenters. The molecular weight excluding hydrogens is 200 g/mol. The number of hydrogen-bond acceptors (Lipinski definition) is 3. The van der Waals surface area contributed by atoms with Gasteiger partial charge >= 0.3 is 0 Å². The predicted octanol–water partition coefficient (Wildman–Crippen LogP) is 1.89. The van der Waals surface area contributed by atoms with Crippen LogP contribution in [0.15, 0.2) is 22.8 Å². The van der Waals surface area contributed by atoms with E-state index in [1.807, 2.05) is 6.07 Å². The molecule has 0 spiro atoms. The Morgan fingerprint density at radius 1 is 1.56 bits per heavy atom. The largest absolute Gasteiger partial charge is 0.469 e. The molecule has 3 heteroatoms. The minimum absolute atomic E-state index is 0.682. The molecule has 1 aliphatic rings. The van der Waals surface area contributed by atoms with Crippen molar-refractivity contribution in [3.8, 4) is 0 Å². The third kappa shape index (κ3) is 2.86. The second kappa shape index (κ2) is 5.51. The van der Waals surface area contributed by atoms with Gasteiger partial charge in [0.2, 0.25) is 0 Å². The molecule has 0 saturated carbocycles. The topological polar surface area (TPSA) is 28.4 Å². The Hall–Kier alpha value is -0.800. The zero-order valence-electron chi connectivity index (χ0n) is 10.3. The van der Waals surface area contributed by atoms with Gasteiger partial charge in [-0.25, -0.2) is 0 Å². The summed E-state index contributed by atoms with van der Waals surface area (Å²) in [4.78, 5) is 2.57. The summed E-state index contributed by atoms with van der Waals surface area (Å²) in [6.07, 6.45) is 5.31. The van der Waals surface area contributed by atoms with E-state index < -0.39 is 0 Å². The number of hydrogen-bond donors (Lipinski definition) is 1. The van der Waals surface area contributed by atoms with Crippen molar-refractivity contribution in [1.29, 1.82) is 0 Å². The highest BCUT2D eigenvalue weighted by molar-refractivity contribution is 4.99. The summed E-state index contributed by atoms with van der Waals surface area (Å²) >= 11 is 0. The Balaban J connectivity index is 1.78. The number of piperidine rings is 1. The SMILES string of the molecule is CNC1CCN(CCc2ccco2)C(C)C1. The number of likely N-dealkylation sites (tertiary alicyclic amines) is 1. The van der Waals surface area contributed by atoms with Crippen LogP contribution >= 0.6 is 0 Å². The maximum Gasteiger partial charge on any atom is 0.105 e. The van der Waals surface area contributed by atoms with E-state index in [0.29, 0.717) is 12.1 Å². The van der Waals surface area contributed by atoms with Gasteiger partial charge in [-0.2, -0.15) is 0 Å². The average Bonchev–Trinajstić information content (AvgIpc) is 2.80. The summed E-state index contributed by atoms with van der Waals surface area (Å²) in [5.74, 6) is 1.10. The summed E-state index contributed by atoms with van der Waals surface area (Å²) < 4.78 is 5.36. The van der Waals surface area contributed by atoms with Crippen LogP contribution in [0.2, 0.25) is 0 Å². The van der Waals surface area contributed by atoms with E-state index in [0.717, 1.165) is 18.7 Å². The first kappa shape index (κ1) is 11.7. The van der Waals surface area contributed by atoms with Crippen molar-refractivity contribution >= 4 is 0 Å². The Labute approximate surface area is 97.8 Å². The molecule has 2 unspecified atom stereocenters. The van der Waals surface area contributed by atoms with Crippen molar-refractivity contribution in [1.82, 2.24) is 10.2 Å². The highest BCUT2D eigenvalue weighted by atomic mass is 16.3. The van der Waals surface area contributed by atoms with Crippen LogP contribution in [0.1, 0.15) is 25.5 Å². The van der Waals surface area contributed by atoms with Gasteiger partial charge in [0.1, 0.15) is 5.76 Å². The fourth-order valence-electron chi connectivity index (χ4n) is 2.52. The molecule has 0 radical (unpaired) electrons. The van der Waals surface area contributed by atoms with E-state index in [-0.39, 0.29) is 0 Å². The maximum atomic E-state index is 5.36. The first-order chi connectivity index (χ1) is 7.79. The minimum atomic E-state index is 0.682. The number of nitrogens with one attached hydrogen (secondary N) is 1. The van der Waals surface area contributed by atoms with Crippen molar-refractivity contribution < 1.29 is 4.42 Å². The lowest BCUT2D eigenvalue weighted by atomic mass is 9.98. The molecule has 1 saturated heterocycles. The molecular formula is C13H22N2O. The standard InChI is InChI=1S/C13H22N2O/c1-11-10-12(14-2)5-7-15(11)8-6-13-4-3-9-16-13/h3-4,9,11-12,14H,5-8,10H2,1-2H3. The molecule has 1 aromatic rings. The zero-order valence-corrected chi connectivity index (χ0v) is 10.3. The Bertz CT molecular complexity index is 297. The van der Waals surface area contributed by atoms with Crippen LogP contribution in [0.3, 0.4) is 0 Å². The van der Waals surface area contributed by atoms with Gasteiger partial charge in [-0.1, -0.05) is 0 Å². The fourth-order valence-corrected chi connectivity index (χ4v) is 2.52. The molecule has 2 heterocycles. The van der Waals surface area contributed by atoms with Gasteiger partial charge in [0, 0.05) is 25.0 Å². The van der Waals surface area contributed by atoms with Crippen LogP contribution in [0, 0.1) is 0 Å². The molecule has 1 aliphatic heterocycles. The van der Waals surface area contributed by atoms with Crippen LogP contribution in [-0.2, 0) is 6.42 Å². The van der Waals surface area contributed by atoms with Gasteiger partial charge < -0.3 is 14.6 Å². The molecule has 0 aromatic carbocycles. The molecule has 0 amide bonds. The molecule has 2 rings (SSSR count). The second-order valence-corrected chi connectivity index (χ2v) is 4.72. The predicted molar refractivity (Wildman–Crippen MR) is 65.5 cm³/mol. The summed E-state index contributed by atoms with van der Waals surface area (Å²) in [6, 6.07) is 5.41. The smallest absolute Gasteiger partial charge is 0.105 e. The number of nitrogens with zero attached hydrogens (tertiary/aromatic N) is 1. The van der Waals surface area contributed by atoms with E-state index >= 15 is 0 Å². The molecule has 0 bridgehead atoms. The molecule has 90 valence electrons. The molecule has 16 heavy (non-hydrogen) atoms. The average molecular weight is 222 g/mol. The lowest BCUT2D eigenvalue weighted by Crippen LogP contribution is -2.47. The van der Waals surface area contributed by atoms with Gasteiger partial charge in [-0.05, 0) is 45.5 Å². The van der Waals surface area contributed by atoms with Crippen LogP contribution in [0.25, 0.3) is 0 Å². The normalized spacial score (nSPS) is 27.1. The monoisotopic (exact) mass is 222 g/mol.